The first-order valence-electron chi connectivity index (χ1n) is 9.86. The molecule has 1 aromatic heterocycles. The lowest BCUT2D eigenvalue weighted by Crippen LogP contribution is -2.64. The second-order valence-corrected chi connectivity index (χ2v) is 11.1. The smallest absolute Gasteiger partial charge is 0.233 e. The number of hydrogen-bond donors (Lipinski definition) is 5. The van der Waals surface area contributed by atoms with E-state index >= 15 is 0 Å². The number of nitrogens with zero attached hydrogens (tertiary/aromatic N) is 2. The molecule has 1 unspecified atom stereocenters. The lowest BCUT2D eigenvalue weighted by atomic mass is 9.99. The number of amides is 1. The quantitative estimate of drug-likeness (QED) is 0.351. The van der Waals surface area contributed by atoms with Crippen molar-refractivity contribution in [1.82, 2.24) is 15.6 Å². The van der Waals surface area contributed by atoms with E-state index in [0.29, 0.717) is 17.9 Å². The fourth-order valence-corrected chi connectivity index (χ4v) is 5.15. The number of nitrogens with one attached hydrogen (secondary N) is 3. The Morgan fingerprint density at radius 1 is 1.37 bits per heavy atom. The second-order valence-electron chi connectivity index (χ2n) is 8.38. The maximum atomic E-state index is 13.4. The molecule has 2 fully saturated rings. The van der Waals surface area contributed by atoms with Gasteiger partial charge in [0.1, 0.15) is 6.17 Å². The molecule has 10 nitrogen and oxygen atoms in total. The van der Waals surface area contributed by atoms with E-state index in [9.17, 15) is 17.6 Å². The number of pyridine rings is 1. The van der Waals surface area contributed by atoms with Crippen molar-refractivity contribution in [1.29, 1.82) is 0 Å². The van der Waals surface area contributed by atoms with E-state index in [0.717, 1.165) is 0 Å². The summed E-state index contributed by atoms with van der Waals surface area (Å²) < 4.78 is 37.1. The Kier molecular flexibility index (Phi) is 6.63. The standard InChI is InChI=1S/C18H30FN7O3S/c1-18(2)10-26(5-6-30(18,28)29)13-3-4-22-9-12(13)25-17(27)14(15(20)21)16-23-7-11(19)8-24-16/h3-4,9,11,14-16,23-24H,5-8,10,20-21H2,1-2H3,(H,25,27). The monoisotopic (exact) mass is 443 g/mol. The third-order valence-corrected chi connectivity index (χ3v) is 8.17. The molecule has 0 saturated carbocycles. The Bertz CT molecular complexity index is 872. The molecule has 1 amide bonds. The van der Waals surface area contributed by atoms with Crippen LogP contribution in [0.2, 0.25) is 0 Å². The van der Waals surface area contributed by atoms with Crippen LogP contribution in [0.1, 0.15) is 13.8 Å². The van der Waals surface area contributed by atoms with Crippen LogP contribution in [-0.2, 0) is 14.6 Å². The van der Waals surface area contributed by atoms with Crippen LogP contribution in [-0.4, -0.2) is 74.5 Å². The van der Waals surface area contributed by atoms with Crippen LogP contribution < -0.4 is 32.3 Å². The molecule has 1 aromatic rings. The van der Waals surface area contributed by atoms with E-state index in [-0.39, 0.29) is 25.4 Å². The number of halogens is 1. The minimum absolute atomic E-state index is 0.0202. The predicted octanol–water partition coefficient (Wildman–Crippen LogP) is -1.25. The number of hydrogen-bond acceptors (Lipinski definition) is 9. The molecule has 0 aliphatic carbocycles. The first-order valence-corrected chi connectivity index (χ1v) is 11.5. The Balaban J connectivity index is 1.79. The molecule has 2 aliphatic heterocycles. The molecule has 30 heavy (non-hydrogen) atoms. The lowest BCUT2D eigenvalue weighted by molar-refractivity contribution is -0.122. The summed E-state index contributed by atoms with van der Waals surface area (Å²) in [5.41, 5.74) is 12.8. The molecular formula is C18H30FN7O3S. The predicted molar refractivity (Wildman–Crippen MR) is 113 cm³/mol. The molecule has 3 heterocycles. The molecule has 0 aromatic carbocycles. The first kappa shape index (κ1) is 22.8. The minimum atomic E-state index is -3.21. The first-order chi connectivity index (χ1) is 14.0. The van der Waals surface area contributed by atoms with Crippen molar-refractivity contribution in [3.63, 3.8) is 0 Å². The van der Waals surface area contributed by atoms with Gasteiger partial charge >= 0.3 is 0 Å². The van der Waals surface area contributed by atoms with Crippen molar-refractivity contribution < 1.29 is 17.6 Å². The molecule has 3 rings (SSSR count). The van der Waals surface area contributed by atoms with E-state index in [1.807, 2.05) is 4.90 Å². The number of nitrogens with two attached hydrogens (primary N) is 2. The number of carbonyl (C=O) groups is 1. The van der Waals surface area contributed by atoms with Crippen LogP contribution in [0.25, 0.3) is 0 Å². The zero-order valence-electron chi connectivity index (χ0n) is 17.1. The average Bonchev–Trinajstić information content (AvgIpc) is 2.66. The fourth-order valence-electron chi connectivity index (χ4n) is 3.78. The number of sulfone groups is 1. The fraction of sp³-hybridized carbons (Fsp3) is 0.667. The topological polar surface area (TPSA) is 155 Å². The summed E-state index contributed by atoms with van der Waals surface area (Å²) in [6.45, 7) is 4.17. The highest BCUT2D eigenvalue weighted by Gasteiger charge is 2.41. The van der Waals surface area contributed by atoms with Crippen molar-refractivity contribution >= 4 is 27.1 Å². The van der Waals surface area contributed by atoms with Gasteiger partial charge in [-0.25, -0.2) is 12.8 Å². The zero-order chi connectivity index (χ0) is 22.1. The van der Waals surface area contributed by atoms with Crippen LogP contribution in [0.15, 0.2) is 18.5 Å². The van der Waals surface area contributed by atoms with Crippen LogP contribution in [0.4, 0.5) is 15.8 Å². The van der Waals surface area contributed by atoms with Gasteiger partial charge in [0.25, 0.3) is 0 Å². The number of aromatic nitrogens is 1. The maximum Gasteiger partial charge on any atom is 0.233 e. The van der Waals surface area contributed by atoms with Crippen molar-refractivity contribution in [3.05, 3.63) is 18.5 Å². The van der Waals surface area contributed by atoms with Gasteiger partial charge in [0, 0.05) is 32.4 Å². The van der Waals surface area contributed by atoms with E-state index in [1.165, 1.54) is 6.20 Å². The normalized spacial score (nSPS) is 26.9. The van der Waals surface area contributed by atoms with Gasteiger partial charge in [0.15, 0.2) is 9.84 Å². The van der Waals surface area contributed by atoms with Gasteiger partial charge in [0.05, 0.1) is 46.3 Å². The highest BCUT2D eigenvalue weighted by Crippen LogP contribution is 2.32. The molecule has 12 heteroatoms. The number of carbonyl (C=O) groups excluding carboxylic acids is 1. The van der Waals surface area contributed by atoms with Gasteiger partial charge in [0.2, 0.25) is 5.91 Å². The van der Waals surface area contributed by atoms with Crippen molar-refractivity contribution in [3.8, 4) is 0 Å². The van der Waals surface area contributed by atoms with E-state index in [2.05, 4.69) is 20.9 Å². The number of anilines is 2. The minimum Gasteiger partial charge on any atom is -0.367 e. The highest BCUT2D eigenvalue weighted by atomic mass is 32.2. The second kappa shape index (κ2) is 8.71. The van der Waals surface area contributed by atoms with E-state index in [1.54, 1.807) is 26.1 Å². The molecule has 0 spiro atoms. The SMILES string of the molecule is CC1(C)CN(c2ccncc2NC(=O)C(C(N)N)C2NCC(F)CN2)CCS1(=O)=O. The summed E-state index contributed by atoms with van der Waals surface area (Å²) >= 11 is 0. The summed E-state index contributed by atoms with van der Waals surface area (Å²) in [5.74, 6) is -1.28. The summed E-state index contributed by atoms with van der Waals surface area (Å²) in [7, 11) is -3.21. The molecule has 1 atom stereocenters. The number of rotatable bonds is 5. The maximum absolute atomic E-state index is 13.4. The molecule has 0 radical (unpaired) electrons. The van der Waals surface area contributed by atoms with E-state index < -0.39 is 44.9 Å². The van der Waals surface area contributed by atoms with Crippen molar-refractivity contribution in [2.75, 3.05) is 42.1 Å². The average molecular weight is 444 g/mol. The summed E-state index contributed by atoms with van der Waals surface area (Å²) in [5, 5.41) is 8.65. The molecule has 168 valence electrons. The number of alkyl halides is 1. The van der Waals surface area contributed by atoms with Gasteiger partial charge in [-0.15, -0.1) is 0 Å². The van der Waals surface area contributed by atoms with Gasteiger partial charge < -0.3 is 21.7 Å². The van der Waals surface area contributed by atoms with Crippen LogP contribution in [0, 0.1) is 5.92 Å². The Morgan fingerprint density at radius 3 is 2.63 bits per heavy atom. The molecule has 7 N–H and O–H groups in total. The highest BCUT2D eigenvalue weighted by molar-refractivity contribution is 7.92. The molecule has 0 bridgehead atoms. The zero-order valence-corrected chi connectivity index (χ0v) is 18.0. The Hall–Kier alpha value is -1.86. The summed E-state index contributed by atoms with van der Waals surface area (Å²) in [6.07, 6.45) is 0.477. The third-order valence-electron chi connectivity index (χ3n) is 5.64. The summed E-state index contributed by atoms with van der Waals surface area (Å²) in [6, 6.07) is 1.73. The van der Waals surface area contributed by atoms with Crippen molar-refractivity contribution in [2.45, 2.75) is 37.1 Å². The van der Waals surface area contributed by atoms with Crippen molar-refractivity contribution in [2.24, 2.45) is 17.4 Å². The van der Waals surface area contributed by atoms with Crippen LogP contribution >= 0.6 is 0 Å². The van der Waals surface area contributed by atoms with Gasteiger partial charge in [-0.05, 0) is 19.9 Å². The van der Waals surface area contributed by atoms with E-state index in [4.69, 9.17) is 11.5 Å². The van der Waals surface area contributed by atoms with Crippen LogP contribution in [0.5, 0.6) is 0 Å². The third kappa shape index (κ3) is 4.72. The molecule has 2 saturated heterocycles. The molecular weight excluding hydrogens is 413 g/mol. The van der Waals surface area contributed by atoms with Gasteiger partial charge in [-0.3, -0.25) is 20.4 Å². The van der Waals surface area contributed by atoms with Gasteiger partial charge in [-0.1, -0.05) is 0 Å². The molecule has 2 aliphatic rings. The largest absolute Gasteiger partial charge is 0.367 e. The Morgan fingerprint density at radius 2 is 2.03 bits per heavy atom. The van der Waals surface area contributed by atoms with Gasteiger partial charge in [-0.2, -0.15) is 0 Å². The Labute approximate surface area is 175 Å². The van der Waals surface area contributed by atoms with Crippen LogP contribution in [0.3, 0.4) is 0 Å². The summed E-state index contributed by atoms with van der Waals surface area (Å²) in [4.78, 5) is 19.0. The lowest BCUT2D eigenvalue weighted by Gasteiger charge is -2.39.